The number of anilines is 1. The maximum atomic E-state index is 13.3. The Morgan fingerprint density at radius 2 is 1.72 bits per heavy atom. The van der Waals surface area contributed by atoms with E-state index in [2.05, 4.69) is 0 Å². The average Bonchev–Trinajstić information content (AvgIpc) is 2.38. The molecular weight excluding hydrogens is 229 g/mol. The molecule has 0 aliphatic carbocycles. The van der Waals surface area contributed by atoms with Gasteiger partial charge < -0.3 is 5.73 Å². The van der Waals surface area contributed by atoms with E-state index in [9.17, 15) is 9.18 Å². The highest BCUT2D eigenvalue weighted by molar-refractivity contribution is 6.06. The lowest BCUT2D eigenvalue weighted by atomic mass is 10.1. The number of halogens is 1. The summed E-state index contributed by atoms with van der Waals surface area (Å²) in [5, 5.41) is 0. The van der Waals surface area contributed by atoms with Gasteiger partial charge in [0.05, 0.1) is 0 Å². The Labute approximate surface area is 105 Å². The quantitative estimate of drug-likeness (QED) is 0.509. The van der Waals surface area contributed by atoms with E-state index in [1.807, 2.05) is 0 Å². The van der Waals surface area contributed by atoms with Gasteiger partial charge in [0.25, 0.3) is 0 Å². The minimum Gasteiger partial charge on any atom is -0.399 e. The maximum absolute atomic E-state index is 13.3. The third-order valence-corrected chi connectivity index (χ3v) is 2.51. The van der Waals surface area contributed by atoms with Crippen LogP contribution >= 0.6 is 0 Å². The van der Waals surface area contributed by atoms with Crippen molar-refractivity contribution >= 4 is 17.5 Å². The Kier molecular flexibility index (Phi) is 3.53. The molecule has 3 heteroatoms. The topological polar surface area (TPSA) is 43.1 Å². The number of carbonyl (C=O) groups excluding carboxylic acids is 1. The first-order valence-corrected chi connectivity index (χ1v) is 5.49. The third kappa shape index (κ3) is 2.83. The molecule has 0 aromatic heterocycles. The molecule has 2 N–H and O–H groups in total. The molecule has 0 fully saturated rings. The highest BCUT2D eigenvalue weighted by atomic mass is 19.1. The van der Waals surface area contributed by atoms with Crippen LogP contribution in [0.15, 0.2) is 54.6 Å². The molecule has 2 aromatic rings. The van der Waals surface area contributed by atoms with Crippen molar-refractivity contribution in [2.45, 2.75) is 0 Å². The third-order valence-electron chi connectivity index (χ3n) is 2.51. The Bertz CT molecular complexity index is 588. The number of nitrogen functional groups attached to an aromatic ring is 1. The summed E-state index contributed by atoms with van der Waals surface area (Å²) in [4.78, 5) is 11.8. The maximum Gasteiger partial charge on any atom is 0.185 e. The number of benzene rings is 2. The summed E-state index contributed by atoms with van der Waals surface area (Å²) < 4.78 is 13.3. The van der Waals surface area contributed by atoms with Gasteiger partial charge in [-0.25, -0.2) is 4.39 Å². The van der Waals surface area contributed by atoms with Gasteiger partial charge in [0, 0.05) is 16.8 Å². The first-order valence-electron chi connectivity index (χ1n) is 5.49. The molecule has 2 rings (SSSR count). The standard InChI is InChI=1S/C15H12FNO/c16-14-4-2-1-3-11(14)7-10-15(18)12-5-8-13(17)9-6-12/h1-10H,17H2/b10-7+. The molecule has 0 aliphatic heterocycles. The van der Waals surface area contributed by atoms with Gasteiger partial charge in [-0.2, -0.15) is 0 Å². The summed E-state index contributed by atoms with van der Waals surface area (Å²) in [6, 6.07) is 12.9. The van der Waals surface area contributed by atoms with Crippen LogP contribution in [0.25, 0.3) is 6.08 Å². The molecule has 0 amide bonds. The molecule has 0 radical (unpaired) electrons. The van der Waals surface area contributed by atoms with Crippen LogP contribution in [-0.2, 0) is 0 Å². The van der Waals surface area contributed by atoms with Crippen molar-refractivity contribution in [2.24, 2.45) is 0 Å². The fourth-order valence-corrected chi connectivity index (χ4v) is 1.52. The van der Waals surface area contributed by atoms with Crippen LogP contribution in [0.2, 0.25) is 0 Å². The molecule has 0 saturated carbocycles. The monoisotopic (exact) mass is 241 g/mol. The number of rotatable bonds is 3. The molecule has 0 bridgehead atoms. The lowest BCUT2D eigenvalue weighted by Crippen LogP contribution is -1.95. The molecule has 2 nitrogen and oxygen atoms in total. The van der Waals surface area contributed by atoms with Crippen LogP contribution in [0, 0.1) is 5.82 Å². The van der Waals surface area contributed by atoms with Gasteiger partial charge in [0.2, 0.25) is 0 Å². The molecule has 0 spiro atoms. The van der Waals surface area contributed by atoms with Gasteiger partial charge in [-0.15, -0.1) is 0 Å². The van der Waals surface area contributed by atoms with E-state index in [0.717, 1.165) is 0 Å². The molecule has 0 saturated heterocycles. The summed E-state index contributed by atoms with van der Waals surface area (Å²) >= 11 is 0. The second kappa shape index (κ2) is 5.27. The highest BCUT2D eigenvalue weighted by Crippen LogP contribution is 2.11. The predicted octanol–water partition coefficient (Wildman–Crippen LogP) is 3.30. The lowest BCUT2D eigenvalue weighted by Gasteiger charge is -1.97. The van der Waals surface area contributed by atoms with Gasteiger partial charge in [-0.05, 0) is 42.5 Å². The highest BCUT2D eigenvalue weighted by Gasteiger charge is 2.02. The fourth-order valence-electron chi connectivity index (χ4n) is 1.52. The molecule has 90 valence electrons. The molecule has 0 unspecified atom stereocenters. The van der Waals surface area contributed by atoms with Crippen LogP contribution < -0.4 is 5.73 Å². The zero-order valence-corrected chi connectivity index (χ0v) is 9.64. The SMILES string of the molecule is Nc1ccc(C(=O)/C=C/c2ccccc2F)cc1. The van der Waals surface area contributed by atoms with Crippen LogP contribution in [0.1, 0.15) is 15.9 Å². The van der Waals surface area contributed by atoms with Crippen molar-refractivity contribution in [3.63, 3.8) is 0 Å². The zero-order chi connectivity index (χ0) is 13.0. The number of ketones is 1. The summed E-state index contributed by atoms with van der Waals surface area (Å²) in [6.07, 6.45) is 2.82. The Morgan fingerprint density at radius 3 is 2.39 bits per heavy atom. The van der Waals surface area contributed by atoms with Crippen molar-refractivity contribution in [3.8, 4) is 0 Å². The van der Waals surface area contributed by atoms with Crippen molar-refractivity contribution < 1.29 is 9.18 Å². The van der Waals surface area contributed by atoms with Gasteiger partial charge >= 0.3 is 0 Å². The number of carbonyl (C=O) groups is 1. The van der Waals surface area contributed by atoms with E-state index in [0.29, 0.717) is 16.8 Å². The Hall–Kier alpha value is -2.42. The number of allylic oxidation sites excluding steroid dienone is 1. The largest absolute Gasteiger partial charge is 0.399 e. The van der Waals surface area contributed by atoms with Gasteiger partial charge in [-0.1, -0.05) is 18.2 Å². The van der Waals surface area contributed by atoms with Gasteiger partial charge in [0.1, 0.15) is 5.82 Å². The summed E-state index contributed by atoms with van der Waals surface area (Å²) in [6.45, 7) is 0. The molecule has 0 aliphatic rings. The first kappa shape index (κ1) is 12.0. The number of nitrogens with two attached hydrogens (primary N) is 1. The summed E-state index contributed by atoms with van der Waals surface area (Å²) in [7, 11) is 0. The van der Waals surface area contributed by atoms with E-state index in [1.54, 1.807) is 42.5 Å². The molecule has 0 atom stereocenters. The van der Waals surface area contributed by atoms with E-state index in [-0.39, 0.29) is 11.6 Å². The molecular formula is C15H12FNO. The Morgan fingerprint density at radius 1 is 1.06 bits per heavy atom. The van der Waals surface area contributed by atoms with Crippen LogP contribution in [-0.4, -0.2) is 5.78 Å². The van der Waals surface area contributed by atoms with Crippen LogP contribution in [0.5, 0.6) is 0 Å². The van der Waals surface area contributed by atoms with Crippen molar-refractivity contribution in [3.05, 3.63) is 71.6 Å². The minimum atomic E-state index is -0.348. The van der Waals surface area contributed by atoms with Gasteiger partial charge in [0.15, 0.2) is 5.78 Å². The summed E-state index contributed by atoms with van der Waals surface area (Å²) in [5.41, 5.74) is 7.05. The zero-order valence-electron chi connectivity index (χ0n) is 9.64. The van der Waals surface area contributed by atoms with Crippen molar-refractivity contribution in [1.82, 2.24) is 0 Å². The molecule has 2 aromatic carbocycles. The predicted molar refractivity (Wildman–Crippen MR) is 70.6 cm³/mol. The Balaban J connectivity index is 2.17. The van der Waals surface area contributed by atoms with E-state index in [4.69, 9.17) is 5.73 Å². The molecule has 18 heavy (non-hydrogen) atoms. The number of hydrogen-bond acceptors (Lipinski definition) is 2. The van der Waals surface area contributed by atoms with Gasteiger partial charge in [-0.3, -0.25) is 4.79 Å². The molecule has 0 heterocycles. The minimum absolute atomic E-state index is 0.182. The van der Waals surface area contributed by atoms with Crippen molar-refractivity contribution in [1.29, 1.82) is 0 Å². The van der Waals surface area contributed by atoms with Crippen LogP contribution in [0.3, 0.4) is 0 Å². The van der Waals surface area contributed by atoms with E-state index >= 15 is 0 Å². The summed E-state index contributed by atoms with van der Waals surface area (Å²) in [5.74, 6) is -0.530. The normalized spacial score (nSPS) is 10.7. The van der Waals surface area contributed by atoms with E-state index in [1.165, 1.54) is 18.2 Å². The lowest BCUT2D eigenvalue weighted by molar-refractivity contribution is 0.104. The van der Waals surface area contributed by atoms with E-state index < -0.39 is 0 Å². The average molecular weight is 241 g/mol. The second-order valence-corrected chi connectivity index (χ2v) is 3.84. The smallest absolute Gasteiger partial charge is 0.185 e. The fraction of sp³-hybridized carbons (Fsp3) is 0. The first-order chi connectivity index (χ1) is 8.66. The second-order valence-electron chi connectivity index (χ2n) is 3.84. The van der Waals surface area contributed by atoms with Crippen molar-refractivity contribution in [2.75, 3.05) is 5.73 Å². The number of hydrogen-bond donors (Lipinski definition) is 1. The van der Waals surface area contributed by atoms with Crippen LogP contribution in [0.4, 0.5) is 10.1 Å².